The van der Waals surface area contributed by atoms with Crippen molar-refractivity contribution >= 4 is 29.4 Å². The SMILES string of the molecule is CCOC(=O)[C@H](Cc1ccc(O)cc1)NC(=O)CCC(=O)OCC(=O)[C@@]1(O)CC[C@@H]2[C@@H]3CCC4=CC(=O)CC[C@]4(C)[C@H]3[C@H](O)C[C@@]21C. The van der Waals surface area contributed by atoms with Crippen molar-refractivity contribution in [2.24, 2.45) is 28.6 Å². The number of esters is 2. The lowest BCUT2D eigenvalue weighted by atomic mass is 9.45. The van der Waals surface area contributed by atoms with Crippen LogP contribution < -0.4 is 5.32 Å². The number of Topliss-reactive ketones (excluding diaryl/α,β-unsaturated/α-hetero) is 1. The number of fused-ring (bicyclic) bond motifs is 5. The quantitative estimate of drug-likeness (QED) is 0.260. The van der Waals surface area contributed by atoms with E-state index in [0.29, 0.717) is 24.8 Å². The van der Waals surface area contributed by atoms with Gasteiger partial charge in [-0.05, 0) is 92.4 Å². The van der Waals surface area contributed by atoms with E-state index in [1.165, 1.54) is 12.1 Å². The van der Waals surface area contributed by atoms with Crippen molar-refractivity contribution in [3.8, 4) is 5.75 Å². The van der Waals surface area contributed by atoms with Crippen LogP contribution >= 0.6 is 0 Å². The van der Waals surface area contributed by atoms with E-state index in [9.17, 15) is 39.3 Å². The molecule has 4 N–H and O–H groups in total. The molecule has 0 aromatic heterocycles. The number of rotatable bonds is 11. The van der Waals surface area contributed by atoms with Crippen LogP contribution in [-0.4, -0.2) is 75.7 Å². The Bertz CT molecular complexity index is 1440. The molecule has 47 heavy (non-hydrogen) atoms. The monoisotopic (exact) mass is 653 g/mol. The predicted molar refractivity (Wildman–Crippen MR) is 169 cm³/mol. The molecule has 0 bridgehead atoms. The maximum atomic E-state index is 13.5. The number of carbonyl (C=O) groups is 5. The Hall–Kier alpha value is -3.57. The van der Waals surface area contributed by atoms with Crippen molar-refractivity contribution in [1.29, 1.82) is 0 Å². The summed E-state index contributed by atoms with van der Waals surface area (Å²) >= 11 is 0. The van der Waals surface area contributed by atoms with Gasteiger partial charge in [-0.25, -0.2) is 4.79 Å². The number of aromatic hydroxyl groups is 1. The molecule has 0 unspecified atom stereocenters. The summed E-state index contributed by atoms with van der Waals surface area (Å²) in [6.45, 7) is 5.13. The molecule has 5 rings (SSSR count). The number of benzene rings is 1. The van der Waals surface area contributed by atoms with E-state index < -0.39 is 53.4 Å². The van der Waals surface area contributed by atoms with Gasteiger partial charge in [-0.1, -0.05) is 31.6 Å². The normalized spacial score (nSPS) is 33.4. The highest BCUT2D eigenvalue weighted by Crippen LogP contribution is 2.67. The summed E-state index contributed by atoms with van der Waals surface area (Å²) in [5, 5.41) is 35.5. The van der Waals surface area contributed by atoms with Gasteiger partial charge in [0.2, 0.25) is 11.7 Å². The number of nitrogens with one attached hydrogen (secondary N) is 1. The maximum absolute atomic E-state index is 13.5. The highest BCUT2D eigenvalue weighted by atomic mass is 16.5. The zero-order chi connectivity index (χ0) is 34.1. The summed E-state index contributed by atoms with van der Waals surface area (Å²) in [5.41, 5.74) is -1.17. The Balaban J connectivity index is 1.16. The van der Waals surface area contributed by atoms with Gasteiger partial charge in [0.05, 0.1) is 19.1 Å². The molecule has 0 aliphatic heterocycles. The first-order chi connectivity index (χ1) is 22.2. The third-order valence-corrected chi connectivity index (χ3v) is 11.7. The summed E-state index contributed by atoms with van der Waals surface area (Å²) in [6.07, 6.45) is 4.24. The number of amides is 1. The van der Waals surface area contributed by atoms with Crippen molar-refractivity contribution in [2.45, 2.75) is 103 Å². The number of hydrogen-bond donors (Lipinski definition) is 4. The lowest BCUT2D eigenvalue weighted by molar-refractivity contribution is -0.184. The number of ether oxygens (including phenoxy) is 2. The molecule has 3 saturated carbocycles. The van der Waals surface area contributed by atoms with Gasteiger partial charge in [0.25, 0.3) is 0 Å². The maximum Gasteiger partial charge on any atom is 0.328 e. The van der Waals surface area contributed by atoms with E-state index in [0.717, 1.165) is 18.4 Å². The van der Waals surface area contributed by atoms with E-state index in [1.54, 1.807) is 25.1 Å². The van der Waals surface area contributed by atoms with Crippen molar-refractivity contribution in [2.75, 3.05) is 13.2 Å². The summed E-state index contributed by atoms with van der Waals surface area (Å²) < 4.78 is 10.3. The van der Waals surface area contributed by atoms with Crippen molar-refractivity contribution in [3.63, 3.8) is 0 Å². The molecule has 1 amide bonds. The highest BCUT2D eigenvalue weighted by molar-refractivity contribution is 5.92. The predicted octanol–water partition coefficient (Wildman–Crippen LogP) is 3.11. The zero-order valence-electron chi connectivity index (χ0n) is 27.5. The summed E-state index contributed by atoms with van der Waals surface area (Å²) in [6, 6.07) is 5.18. The van der Waals surface area contributed by atoms with Gasteiger partial charge in [0.15, 0.2) is 12.4 Å². The van der Waals surface area contributed by atoms with E-state index in [1.807, 2.05) is 6.92 Å². The first-order valence-electron chi connectivity index (χ1n) is 16.8. The Morgan fingerprint density at radius 1 is 1.02 bits per heavy atom. The molecule has 8 atom stereocenters. The topological polar surface area (TPSA) is 177 Å². The van der Waals surface area contributed by atoms with Crippen LogP contribution in [0.5, 0.6) is 5.75 Å². The number of allylic oxidation sites excluding steroid dienone is 1. The minimum absolute atomic E-state index is 0.00540. The minimum atomic E-state index is -1.78. The van der Waals surface area contributed by atoms with Crippen LogP contribution in [0.15, 0.2) is 35.9 Å². The fourth-order valence-corrected chi connectivity index (χ4v) is 9.27. The Kier molecular flexibility index (Phi) is 9.99. The molecule has 4 aliphatic rings. The van der Waals surface area contributed by atoms with Crippen molar-refractivity contribution in [3.05, 3.63) is 41.5 Å². The van der Waals surface area contributed by atoms with Crippen LogP contribution in [-0.2, 0) is 39.9 Å². The summed E-state index contributed by atoms with van der Waals surface area (Å²) in [7, 11) is 0. The molecular formula is C36H47NO10. The third-order valence-electron chi connectivity index (χ3n) is 11.7. The number of phenols is 1. The number of carbonyl (C=O) groups excluding carboxylic acids is 5. The Morgan fingerprint density at radius 2 is 1.74 bits per heavy atom. The van der Waals surface area contributed by atoms with Crippen LogP contribution in [0, 0.1) is 28.6 Å². The largest absolute Gasteiger partial charge is 0.508 e. The highest BCUT2D eigenvalue weighted by Gasteiger charge is 2.68. The molecule has 0 radical (unpaired) electrons. The number of phenolic OH excluding ortho intramolecular Hbond substituents is 1. The Morgan fingerprint density at radius 3 is 2.45 bits per heavy atom. The Labute approximate surface area is 275 Å². The molecule has 256 valence electrons. The second-order valence-corrected chi connectivity index (χ2v) is 14.3. The molecular weight excluding hydrogens is 606 g/mol. The third kappa shape index (κ3) is 6.61. The molecule has 1 aromatic rings. The van der Waals surface area contributed by atoms with E-state index in [-0.39, 0.29) is 73.4 Å². The lowest BCUT2D eigenvalue weighted by Gasteiger charge is -2.60. The molecule has 11 nitrogen and oxygen atoms in total. The van der Waals surface area contributed by atoms with Gasteiger partial charge in [0.1, 0.15) is 17.4 Å². The lowest BCUT2D eigenvalue weighted by Crippen LogP contribution is -2.62. The fraction of sp³-hybridized carbons (Fsp3) is 0.639. The van der Waals surface area contributed by atoms with E-state index in [2.05, 4.69) is 12.2 Å². The molecule has 0 heterocycles. The van der Waals surface area contributed by atoms with Gasteiger partial charge in [0, 0.05) is 24.7 Å². The first kappa shape index (κ1) is 34.8. The summed E-state index contributed by atoms with van der Waals surface area (Å²) in [4.78, 5) is 63.4. The molecule has 0 saturated heterocycles. The zero-order valence-corrected chi connectivity index (χ0v) is 27.5. The minimum Gasteiger partial charge on any atom is -0.508 e. The van der Waals surface area contributed by atoms with Gasteiger partial charge < -0.3 is 30.1 Å². The molecule has 11 heteroatoms. The first-order valence-corrected chi connectivity index (χ1v) is 16.8. The van der Waals surface area contributed by atoms with Crippen LogP contribution in [0.1, 0.15) is 84.1 Å². The molecule has 0 spiro atoms. The van der Waals surface area contributed by atoms with Gasteiger partial charge in [-0.2, -0.15) is 0 Å². The molecule has 3 fully saturated rings. The van der Waals surface area contributed by atoms with Crippen LogP contribution in [0.3, 0.4) is 0 Å². The molecule has 1 aromatic carbocycles. The average molecular weight is 654 g/mol. The second-order valence-electron chi connectivity index (χ2n) is 14.3. The van der Waals surface area contributed by atoms with Gasteiger partial charge in [-0.15, -0.1) is 0 Å². The van der Waals surface area contributed by atoms with E-state index >= 15 is 0 Å². The number of aliphatic hydroxyl groups is 2. The second kappa shape index (κ2) is 13.5. The van der Waals surface area contributed by atoms with E-state index in [4.69, 9.17) is 9.47 Å². The number of aliphatic hydroxyl groups excluding tert-OH is 1. The fourth-order valence-electron chi connectivity index (χ4n) is 9.27. The smallest absolute Gasteiger partial charge is 0.328 e. The van der Waals surface area contributed by atoms with Crippen LogP contribution in [0.4, 0.5) is 0 Å². The van der Waals surface area contributed by atoms with Gasteiger partial charge in [-0.3, -0.25) is 19.2 Å². The van der Waals surface area contributed by atoms with Crippen LogP contribution in [0.2, 0.25) is 0 Å². The van der Waals surface area contributed by atoms with Crippen molar-refractivity contribution < 1.29 is 48.8 Å². The number of hydrogen-bond acceptors (Lipinski definition) is 10. The standard InChI is InChI=1S/C36H47NO10/c1-4-46-33(44)27(17-21-5-8-23(38)9-6-21)37-30(42)11-12-31(43)47-20-29(41)36(45)16-14-26-25-10-7-22-18-24(39)13-15-34(22,2)32(25)28(40)19-35(26,36)3/h5-6,8-9,18,25-28,32,38,40,45H,4,7,10-17,19-20H2,1-3H3,(H,37,42)/t25-,26+,27-,28+,32+,34-,35-,36-/m0/s1. The summed E-state index contributed by atoms with van der Waals surface area (Å²) in [5.74, 6) is -2.40. The van der Waals surface area contributed by atoms with Crippen LogP contribution in [0.25, 0.3) is 0 Å². The van der Waals surface area contributed by atoms with Crippen molar-refractivity contribution in [1.82, 2.24) is 5.32 Å². The average Bonchev–Trinajstić information content (AvgIpc) is 3.30. The number of ketones is 2. The molecule has 4 aliphatic carbocycles. The van der Waals surface area contributed by atoms with Gasteiger partial charge >= 0.3 is 11.9 Å².